The minimum absolute atomic E-state index is 0.205. The van der Waals surface area contributed by atoms with E-state index in [0.29, 0.717) is 11.3 Å². The van der Waals surface area contributed by atoms with Crippen molar-refractivity contribution < 1.29 is 23.4 Å². The van der Waals surface area contributed by atoms with Gasteiger partial charge < -0.3 is 14.9 Å². The van der Waals surface area contributed by atoms with Crippen molar-refractivity contribution >= 4 is 25.8 Å². The predicted molar refractivity (Wildman–Crippen MR) is 73.9 cm³/mol. The Balaban J connectivity index is 2.25. The first-order valence-electron chi connectivity index (χ1n) is 5.81. The molecule has 106 valence electrons. The number of hydrogen-bond acceptors (Lipinski definition) is 5. The highest BCUT2D eigenvalue weighted by Gasteiger charge is 2.38. The molecule has 2 unspecified atom stereocenters. The van der Waals surface area contributed by atoms with Crippen LogP contribution in [0.25, 0.3) is 0 Å². The molecule has 0 spiro atoms. The van der Waals surface area contributed by atoms with Crippen LogP contribution in [-0.2, 0) is 9.84 Å². The van der Waals surface area contributed by atoms with Crippen LogP contribution in [0.3, 0.4) is 0 Å². The quantitative estimate of drug-likeness (QED) is 0.850. The summed E-state index contributed by atoms with van der Waals surface area (Å²) in [6.45, 7) is 1.59. The summed E-state index contributed by atoms with van der Waals surface area (Å²) in [5, 5.41) is 19.4. The van der Waals surface area contributed by atoms with E-state index in [-0.39, 0.29) is 11.5 Å². The molecule has 3 atom stereocenters. The Morgan fingerprint density at radius 1 is 1.42 bits per heavy atom. The molecule has 0 aliphatic carbocycles. The van der Waals surface area contributed by atoms with Gasteiger partial charge in [0, 0.05) is 10.0 Å². The molecule has 0 radical (unpaired) electrons. The third kappa shape index (κ3) is 3.47. The second-order valence-electron chi connectivity index (χ2n) is 4.66. The van der Waals surface area contributed by atoms with Crippen LogP contribution in [0.2, 0.25) is 0 Å². The van der Waals surface area contributed by atoms with Gasteiger partial charge in [-0.25, -0.2) is 8.42 Å². The molecular formula is C12H15BrO5S. The highest BCUT2D eigenvalue weighted by Crippen LogP contribution is 2.30. The Morgan fingerprint density at radius 3 is 2.63 bits per heavy atom. The molecule has 2 rings (SSSR count). The molecule has 0 saturated carbocycles. The maximum absolute atomic E-state index is 11.4. The molecule has 1 fully saturated rings. The largest absolute Gasteiger partial charge is 0.486 e. The van der Waals surface area contributed by atoms with Gasteiger partial charge in [0.1, 0.15) is 18.0 Å². The molecule has 0 bridgehead atoms. The third-order valence-corrected chi connectivity index (χ3v) is 5.15. The van der Waals surface area contributed by atoms with Crippen molar-refractivity contribution in [3.8, 4) is 5.75 Å². The van der Waals surface area contributed by atoms with Crippen LogP contribution in [0, 0.1) is 0 Å². The van der Waals surface area contributed by atoms with Crippen LogP contribution in [0.15, 0.2) is 22.7 Å². The number of aliphatic hydroxyl groups is 2. The van der Waals surface area contributed by atoms with Crippen LogP contribution >= 0.6 is 15.9 Å². The maximum Gasteiger partial charge on any atom is 0.156 e. The van der Waals surface area contributed by atoms with Gasteiger partial charge in [0.25, 0.3) is 0 Å². The second kappa shape index (κ2) is 5.40. The summed E-state index contributed by atoms with van der Waals surface area (Å²) in [5.41, 5.74) is 0.547. The van der Waals surface area contributed by atoms with Crippen molar-refractivity contribution in [2.75, 3.05) is 11.5 Å². The monoisotopic (exact) mass is 350 g/mol. The first kappa shape index (κ1) is 14.8. The molecule has 1 aromatic carbocycles. The first-order chi connectivity index (χ1) is 8.78. The van der Waals surface area contributed by atoms with Crippen molar-refractivity contribution in [2.45, 2.75) is 25.2 Å². The summed E-state index contributed by atoms with van der Waals surface area (Å²) < 4.78 is 29.2. The molecule has 7 heteroatoms. The van der Waals surface area contributed by atoms with Crippen molar-refractivity contribution in [3.63, 3.8) is 0 Å². The zero-order valence-corrected chi connectivity index (χ0v) is 12.7. The second-order valence-corrected chi connectivity index (χ2v) is 7.73. The SMILES string of the molecule is C[C@@H](O)c1cc(Br)ccc1OC1CS(=O)(=O)CC1O. The fraction of sp³-hybridized carbons (Fsp3) is 0.500. The molecular weight excluding hydrogens is 336 g/mol. The van der Waals surface area contributed by atoms with E-state index in [1.165, 1.54) is 0 Å². The Labute approximate surface area is 120 Å². The van der Waals surface area contributed by atoms with Gasteiger partial charge in [0.2, 0.25) is 0 Å². The van der Waals surface area contributed by atoms with Gasteiger partial charge in [-0.2, -0.15) is 0 Å². The lowest BCUT2D eigenvalue weighted by Crippen LogP contribution is -2.30. The summed E-state index contributed by atoms with van der Waals surface area (Å²) in [4.78, 5) is 0. The highest BCUT2D eigenvalue weighted by atomic mass is 79.9. The van der Waals surface area contributed by atoms with E-state index in [2.05, 4.69) is 15.9 Å². The van der Waals surface area contributed by atoms with Crippen LogP contribution in [-0.4, -0.2) is 42.3 Å². The van der Waals surface area contributed by atoms with Crippen molar-refractivity contribution in [3.05, 3.63) is 28.2 Å². The van der Waals surface area contributed by atoms with Gasteiger partial charge in [-0.1, -0.05) is 15.9 Å². The Bertz CT molecular complexity index is 569. The molecule has 19 heavy (non-hydrogen) atoms. The lowest BCUT2D eigenvalue weighted by molar-refractivity contribution is 0.0707. The van der Waals surface area contributed by atoms with Crippen LogP contribution in [0.5, 0.6) is 5.75 Å². The van der Waals surface area contributed by atoms with E-state index < -0.39 is 28.1 Å². The number of benzene rings is 1. The zero-order valence-electron chi connectivity index (χ0n) is 10.3. The predicted octanol–water partition coefficient (Wildman–Crippen LogP) is 1.04. The van der Waals surface area contributed by atoms with Crippen molar-refractivity contribution in [2.24, 2.45) is 0 Å². The first-order valence-corrected chi connectivity index (χ1v) is 8.42. The zero-order chi connectivity index (χ0) is 14.2. The van der Waals surface area contributed by atoms with Crippen LogP contribution in [0.1, 0.15) is 18.6 Å². The average molecular weight is 351 g/mol. The van der Waals surface area contributed by atoms with Crippen LogP contribution in [0.4, 0.5) is 0 Å². The minimum Gasteiger partial charge on any atom is -0.486 e. The molecule has 0 aromatic heterocycles. The van der Waals surface area contributed by atoms with E-state index >= 15 is 0 Å². The fourth-order valence-electron chi connectivity index (χ4n) is 2.03. The lowest BCUT2D eigenvalue weighted by Gasteiger charge is -2.19. The van der Waals surface area contributed by atoms with E-state index in [1.54, 1.807) is 25.1 Å². The molecule has 1 heterocycles. The number of aliphatic hydroxyl groups excluding tert-OH is 2. The van der Waals surface area contributed by atoms with Gasteiger partial charge in [-0.3, -0.25) is 0 Å². The number of halogens is 1. The standard InChI is InChI=1S/C12H15BrO5S/c1-7(14)9-4-8(13)2-3-11(9)18-12-6-19(16,17)5-10(12)15/h2-4,7,10,12,14-15H,5-6H2,1H3/t7-,10?,12?/m1/s1. The molecule has 1 aliphatic rings. The number of ether oxygens (including phenoxy) is 1. The molecule has 2 N–H and O–H groups in total. The van der Waals surface area contributed by atoms with E-state index in [1.807, 2.05) is 0 Å². The minimum atomic E-state index is -3.25. The van der Waals surface area contributed by atoms with Crippen LogP contribution < -0.4 is 4.74 Å². The fourth-order valence-corrected chi connectivity index (χ4v) is 4.07. The summed E-state index contributed by atoms with van der Waals surface area (Å²) in [6, 6.07) is 5.08. The van der Waals surface area contributed by atoms with E-state index in [9.17, 15) is 18.6 Å². The summed E-state index contributed by atoms with van der Waals surface area (Å²) in [5.74, 6) is -0.0962. The van der Waals surface area contributed by atoms with Gasteiger partial charge >= 0.3 is 0 Å². The Kier molecular flexibility index (Phi) is 4.20. The normalized spacial score (nSPS) is 27.2. The van der Waals surface area contributed by atoms with E-state index in [0.717, 1.165) is 4.47 Å². The molecule has 5 nitrogen and oxygen atoms in total. The van der Waals surface area contributed by atoms with Gasteiger partial charge in [-0.05, 0) is 25.1 Å². The smallest absolute Gasteiger partial charge is 0.156 e. The van der Waals surface area contributed by atoms with Gasteiger partial charge in [0.15, 0.2) is 9.84 Å². The highest BCUT2D eigenvalue weighted by molar-refractivity contribution is 9.10. The van der Waals surface area contributed by atoms with Crippen molar-refractivity contribution in [1.29, 1.82) is 0 Å². The van der Waals surface area contributed by atoms with Gasteiger partial charge in [-0.15, -0.1) is 0 Å². The summed E-state index contributed by atoms with van der Waals surface area (Å²) in [6.07, 6.45) is -2.57. The molecule has 1 aromatic rings. The van der Waals surface area contributed by atoms with E-state index in [4.69, 9.17) is 4.74 Å². The number of hydrogen-bond donors (Lipinski definition) is 2. The Hall–Kier alpha value is -0.630. The average Bonchev–Trinajstić information content (AvgIpc) is 2.54. The summed E-state index contributed by atoms with van der Waals surface area (Å²) >= 11 is 3.30. The number of sulfone groups is 1. The maximum atomic E-state index is 11.4. The lowest BCUT2D eigenvalue weighted by atomic mass is 10.1. The molecule has 1 saturated heterocycles. The van der Waals surface area contributed by atoms with Crippen molar-refractivity contribution in [1.82, 2.24) is 0 Å². The topological polar surface area (TPSA) is 83.8 Å². The molecule has 1 aliphatic heterocycles. The third-order valence-electron chi connectivity index (χ3n) is 2.97. The summed E-state index contributed by atoms with van der Waals surface area (Å²) in [7, 11) is -3.25. The number of rotatable bonds is 3. The molecule has 0 amide bonds. The Morgan fingerprint density at radius 2 is 2.11 bits per heavy atom. The van der Waals surface area contributed by atoms with Gasteiger partial charge in [0.05, 0.1) is 17.6 Å².